The second-order valence-electron chi connectivity index (χ2n) is 5.31. The van der Waals surface area contributed by atoms with Gasteiger partial charge in [0.05, 0.1) is 0 Å². The SMILES string of the molecule is C=CC.[O-]P([O-])(=S)[S-].[Zn+][c]1ccccc1.[Zn+][c]1ccccc1.[Zn+][c]1ccccc1. The van der Waals surface area contributed by atoms with Gasteiger partial charge in [-0.1, -0.05) is 6.08 Å². The van der Waals surface area contributed by atoms with Crippen LogP contribution in [0.25, 0.3) is 0 Å². The normalized spacial score (nSPS) is 8.90. The topological polar surface area (TPSA) is 46.1 Å². The maximum atomic E-state index is 9.29. The van der Waals surface area contributed by atoms with E-state index in [1.165, 1.54) is 67.4 Å². The minimum absolute atomic E-state index is 1.26. The molecular formula is C21H21O2PS2Zn3. The van der Waals surface area contributed by atoms with Crippen LogP contribution >= 0.6 is 5.69 Å². The molecule has 0 unspecified atom stereocenters. The summed E-state index contributed by atoms with van der Waals surface area (Å²) in [6, 6.07) is 31.4. The summed E-state index contributed by atoms with van der Waals surface area (Å²) in [6.07, 6.45) is 1.75. The Balaban J connectivity index is 0. The van der Waals surface area contributed by atoms with Crippen LogP contribution in [-0.2, 0) is 79.0 Å². The average molecular weight is 597 g/mol. The van der Waals surface area contributed by atoms with E-state index in [-0.39, 0.29) is 0 Å². The molecule has 0 saturated heterocycles. The Labute approximate surface area is 215 Å². The van der Waals surface area contributed by atoms with Crippen molar-refractivity contribution in [1.29, 1.82) is 0 Å². The third-order valence-electron chi connectivity index (χ3n) is 2.53. The number of allylic oxidation sites excluding steroid dienone is 1. The molecule has 0 amide bonds. The molecule has 8 heteroatoms. The molecule has 3 aromatic carbocycles. The number of hydrogen-bond acceptors (Lipinski definition) is 4. The van der Waals surface area contributed by atoms with Gasteiger partial charge in [0.15, 0.2) is 0 Å². The zero-order valence-corrected chi connectivity index (χ0v) is 28.1. The average Bonchev–Trinajstić information content (AvgIpc) is 2.64. The zero-order chi connectivity index (χ0) is 22.5. The van der Waals surface area contributed by atoms with Gasteiger partial charge in [0, 0.05) is 0 Å². The van der Waals surface area contributed by atoms with E-state index in [1.807, 2.05) is 25.1 Å². The summed E-state index contributed by atoms with van der Waals surface area (Å²) in [5.41, 5.74) is -3.72. The van der Waals surface area contributed by atoms with E-state index in [0.717, 1.165) is 0 Å². The summed E-state index contributed by atoms with van der Waals surface area (Å²) in [5.74, 6) is 0. The first-order valence-electron chi connectivity index (χ1n) is 8.51. The summed E-state index contributed by atoms with van der Waals surface area (Å²) in [4.78, 5) is 18.6. The Morgan fingerprint density at radius 1 is 0.724 bits per heavy atom. The molecule has 3 aromatic rings. The van der Waals surface area contributed by atoms with E-state index in [9.17, 15) is 9.79 Å². The van der Waals surface area contributed by atoms with Gasteiger partial charge in [0.2, 0.25) is 0 Å². The first kappa shape index (κ1) is 31.4. The molecule has 0 atom stereocenters. The summed E-state index contributed by atoms with van der Waals surface area (Å²) in [7, 11) is 0. The fourth-order valence-electron chi connectivity index (χ4n) is 1.43. The molecule has 2 nitrogen and oxygen atoms in total. The molecule has 29 heavy (non-hydrogen) atoms. The third-order valence-corrected chi connectivity index (χ3v) is 5.50. The first-order valence-corrected chi connectivity index (χ1v) is 16.6. The molecule has 0 aliphatic carbocycles. The fraction of sp³-hybridized carbons (Fsp3) is 0.0476. The van der Waals surface area contributed by atoms with E-state index >= 15 is 0 Å². The van der Waals surface area contributed by atoms with Crippen molar-refractivity contribution in [2.24, 2.45) is 0 Å². The summed E-state index contributed by atoms with van der Waals surface area (Å²) in [5, 5.41) is 0. The third kappa shape index (κ3) is 33.0. The summed E-state index contributed by atoms with van der Waals surface area (Å²) < 4.78 is 4.34. The van der Waals surface area contributed by atoms with Crippen molar-refractivity contribution in [3.63, 3.8) is 0 Å². The minimum atomic E-state index is -3.72. The summed E-state index contributed by atoms with van der Waals surface area (Å²) >= 11 is 11.1. The van der Waals surface area contributed by atoms with Gasteiger partial charge in [-0.25, -0.2) is 0 Å². The molecule has 0 radical (unpaired) electrons. The van der Waals surface area contributed by atoms with Crippen molar-refractivity contribution in [3.05, 3.63) is 104 Å². The maximum absolute atomic E-state index is 9.29. The van der Waals surface area contributed by atoms with Crippen molar-refractivity contribution in [2.75, 3.05) is 0 Å². The monoisotopic (exact) mass is 592 g/mol. The molecular weight excluding hydrogens is 576 g/mol. The van der Waals surface area contributed by atoms with Gasteiger partial charge in [-0.05, 0) is 6.92 Å². The Morgan fingerprint density at radius 3 is 0.931 bits per heavy atom. The van der Waals surface area contributed by atoms with Gasteiger partial charge in [-0.3, -0.25) is 0 Å². The van der Waals surface area contributed by atoms with Crippen molar-refractivity contribution < 1.29 is 64.7 Å². The van der Waals surface area contributed by atoms with Crippen molar-refractivity contribution in [2.45, 2.75) is 6.92 Å². The molecule has 0 bridgehead atoms. The van der Waals surface area contributed by atoms with Crippen LogP contribution in [0.5, 0.6) is 0 Å². The van der Waals surface area contributed by atoms with E-state index in [2.05, 4.69) is 103 Å². The van der Waals surface area contributed by atoms with Gasteiger partial charge >= 0.3 is 158 Å². The van der Waals surface area contributed by atoms with Crippen LogP contribution in [-0.4, -0.2) is 0 Å². The molecule has 0 saturated carbocycles. The molecule has 0 N–H and O–H groups in total. The van der Waals surface area contributed by atoms with Crippen molar-refractivity contribution >= 4 is 42.2 Å². The number of benzene rings is 3. The van der Waals surface area contributed by atoms with Crippen LogP contribution in [0.1, 0.15) is 6.92 Å². The zero-order valence-electron chi connectivity index (χ0n) is 16.6. The molecule has 0 aromatic heterocycles. The Kier molecular flexibility index (Phi) is 23.2. The van der Waals surface area contributed by atoms with Gasteiger partial charge in [-0.2, -0.15) is 11.8 Å². The van der Waals surface area contributed by atoms with E-state index in [4.69, 9.17) is 0 Å². The standard InChI is InChI=1S/3C6H5.C3H6.H3O2PS2.3Zn/c3*1-2-4-6-5-3-1;1-3-2;1-3(2,4)5;;;/h3*1-5H;3H,1H2,2H3;(H3,1,2,4,5);;;/q;;;;;3*+1/p-3. The quantitative estimate of drug-likeness (QED) is 0.173. The number of hydrogen-bond donors (Lipinski definition) is 0. The molecule has 140 valence electrons. The predicted molar refractivity (Wildman–Crippen MR) is 116 cm³/mol. The summed E-state index contributed by atoms with van der Waals surface area (Å²) in [6.45, 7) is 5.25. The Morgan fingerprint density at radius 2 is 0.862 bits per heavy atom. The second-order valence-corrected chi connectivity index (χ2v) is 14.9. The van der Waals surface area contributed by atoms with E-state index in [1.54, 1.807) is 6.08 Å². The molecule has 0 aliphatic heterocycles. The molecule has 0 aliphatic rings. The molecule has 0 fully saturated rings. The van der Waals surface area contributed by atoms with Crippen molar-refractivity contribution in [1.82, 2.24) is 0 Å². The van der Waals surface area contributed by atoms with E-state index in [0.29, 0.717) is 0 Å². The van der Waals surface area contributed by atoms with Gasteiger partial charge in [0.1, 0.15) is 0 Å². The molecule has 0 spiro atoms. The van der Waals surface area contributed by atoms with Crippen LogP contribution in [0, 0.1) is 0 Å². The van der Waals surface area contributed by atoms with Crippen LogP contribution < -0.4 is 22.3 Å². The Hall–Kier alpha value is 0.190. The van der Waals surface area contributed by atoms with Crippen molar-refractivity contribution in [3.8, 4) is 0 Å². The number of rotatable bonds is 0. The Bertz CT molecular complexity index is 689. The molecule has 3 rings (SSSR count). The van der Waals surface area contributed by atoms with Gasteiger partial charge in [0.25, 0.3) is 0 Å². The molecule has 0 heterocycles. The van der Waals surface area contributed by atoms with Crippen LogP contribution in [0.15, 0.2) is 104 Å². The fourth-order valence-corrected chi connectivity index (χ4v) is 3.15. The first-order chi connectivity index (χ1) is 13.6. The second kappa shape index (κ2) is 21.4. The van der Waals surface area contributed by atoms with Crippen LogP contribution in [0.2, 0.25) is 0 Å². The van der Waals surface area contributed by atoms with Crippen LogP contribution in [0.4, 0.5) is 0 Å². The van der Waals surface area contributed by atoms with Crippen LogP contribution in [0.3, 0.4) is 0 Å². The predicted octanol–water partition coefficient (Wildman–Crippen LogP) is 2.25. The van der Waals surface area contributed by atoms with Gasteiger partial charge in [-0.15, -0.1) is 6.58 Å². The van der Waals surface area contributed by atoms with E-state index < -0.39 is 5.69 Å². The van der Waals surface area contributed by atoms with Gasteiger partial charge < -0.3 is 27.7 Å².